The van der Waals surface area contributed by atoms with Crippen molar-refractivity contribution >= 4 is 0 Å². The average molecular weight is 255 g/mol. The topological polar surface area (TPSA) is 50.5 Å². The summed E-state index contributed by atoms with van der Waals surface area (Å²) in [6, 6.07) is 1.94. The monoisotopic (exact) mass is 255 g/mol. The molecule has 0 aliphatic rings. The van der Waals surface area contributed by atoms with Crippen LogP contribution in [0.4, 0.5) is 0 Å². The zero-order valence-electron chi connectivity index (χ0n) is 12.1. The number of methoxy groups -OCH3 is 1. The summed E-state index contributed by atoms with van der Waals surface area (Å²) in [5.41, 5.74) is 1.11. The minimum Gasteiger partial charge on any atom is -0.377 e. The molecular weight excluding hydrogens is 230 g/mol. The molecule has 0 aliphatic heterocycles. The van der Waals surface area contributed by atoms with Crippen LogP contribution < -0.4 is 5.32 Å². The molecule has 0 unspecified atom stereocenters. The van der Waals surface area contributed by atoms with E-state index in [1.54, 1.807) is 7.11 Å². The fourth-order valence-electron chi connectivity index (χ4n) is 1.62. The first-order valence-electron chi connectivity index (χ1n) is 6.27. The Labute approximate surface area is 109 Å². The van der Waals surface area contributed by atoms with Crippen molar-refractivity contribution in [2.24, 2.45) is 0 Å². The van der Waals surface area contributed by atoms with Gasteiger partial charge >= 0.3 is 0 Å². The Morgan fingerprint density at radius 1 is 1.44 bits per heavy atom. The Hall–Kier alpha value is -0.910. The first-order valence-corrected chi connectivity index (χ1v) is 6.27. The largest absolute Gasteiger partial charge is 0.377 e. The van der Waals surface area contributed by atoms with E-state index in [0.29, 0.717) is 6.61 Å². The molecule has 1 N–H and O–H groups in total. The lowest BCUT2D eigenvalue weighted by Gasteiger charge is -2.23. The van der Waals surface area contributed by atoms with E-state index in [-0.39, 0.29) is 5.54 Å². The Bertz CT molecular complexity index is 344. The molecule has 0 bridgehead atoms. The van der Waals surface area contributed by atoms with Crippen LogP contribution >= 0.6 is 0 Å². The minimum atomic E-state index is 0.167. The van der Waals surface area contributed by atoms with Crippen molar-refractivity contribution in [2.75, 3.05) is 27.2 Å². The lowest BCUT2D eigenvalue weighted by Crippen LogP contribution is -2.40. The van der Waals surface area contributed by atoms with Crippen molar-refractivity contribution in [3.8, 4) is 0 Å². The van der Waals surface area contributed by atoms with E-state index in [4.69, 9.17) is 9.26 Å². The normalized spacial score (nSPS) is 12.3. The van der Waals surface area contributed by atoms with Gasteiger partial charge in [0.1, 0.15) is 6.61 Å². The van der Waals surface area contributed by atoms with E-state index in [1.807, 2.05) is 6.07 Å². The Balaban J connectivity index is 2.28. The van der Waals surface area contributed by atoms with Crippen LogP contribution in [-0.2, 0) is 17.9 Å². The molecule has 1 aromatic rings. The maximum Gasteiger partial charge on any atom is 0.162 e. The highest BCUT2D eigenvalue weighted by Crippen LogP contribution is 2.06. The van der Waals surface area contributed by atoms with Crippen molar-refractivity contribution in [1.82, 2.24) is 15.4 Å². The fraction of sp³-hybridized carbons (Fsp3) is 0.769. The second-order valence-corrected chi connectivity index (χ2v) is 5.63. The van der Waals surface area contributed by atoms with Crippen LogP contribution in [0, 0.1) is 0 Å². The van der Waals surface area contributed by atoms with Crippen LogP contribution in [0.2, 0.25) is 0 Å². The number of likely N-dealkylation sites (N-methyl/N-ethyl adjacent to an activating group) is 1. The SMILES string of the molecule is COCc1cc(CN(C)CCNC(C)(C)C)no1. The Morgan fingerprint density at radius 3 is 2.78 bits per heavy atom. The summed E-state index contributed by atoms with van der Waals surface area (Å²) in [5, 5.41) is 7.47. The van der Waals surface area contributed by atoms with E-state index in [1.165, 1.54) is 0 Å². The molecule has 18 heavy (non-hydrogen) atoms. The standard InChI is InChI=1S/C13H25N3O2/c1-13(2,3)14-6-7-16(4)9-11-8-12(10-17-5)18-15-11/h8,14H,6-7,9-10H2,1-5H3. The van der Waals surface area contributed by atoms with Crippen molar-refractivity contribution in [3.05, 3.63) is 17.5 Å². The average Bonchev–Trinajstić information content (AvgIpc) is 2.64. The molecule has 0 spiro atoms. The third-order valence-electron chi connectivity index (χ3n) is 2.48. The maximum atomic E-state index is 5.15. The summed E-state index contributed by atoms with van der Waals surface area (Å²) < 4.78 is 10.1. The summed E-state index contributed by atoms with van der Waals surface area (Å²) >= 11 is 0. The molecule has 0 aliphatic carbocycles. The highest BCUT2D eigenvalue weighted by molar-refractivity contribution is 5.04. The summed E-state index contributed by atoms with van der Waals surface area (Å²) in [4.78, 5) is 2.22. The second-order valence-electron chi connectivity index (χ2n) is 5.63. The van der Waals surface area contributed by atoms with E-state index >= 15 is 0 Å². The quantitative estimate of drug-likeness (QED) is 0.802. The molecule has 104 valence electrons. The first-order chi connectivity index (χ1) is 8.40. The van der Waals surface area contributed by atoms with E-state index < -0.39 is 0 Å². The van der Waals surface area contributed by atoms with Crippen molar-refractivity contribution < 1.29 is 9.26 Å². The van der Waals surface area contributed by atoms with Gasteiger partial charge < -0.3 is 14.6 Å². The lowest BCUT2D eigenvalue weighted by molar-refractivity contribution is 0.155. The molecule has 5 nitrogen and oxygen atoms in total. The summed E-state index contributed by atoms with van der Waals surface area (Å²) in [5.74, 6) is 0.772. The van der Waals surface area contributed by atoms with Crippen LogP contribution in [-0.4, -0.2) is 42.8 Å². The summed E-state index contributed by atoms with van der Waals surface area (Å²) in [6.45, 7) is 9.71. The number of aromatic nitrogens is 1. The minimum absolute atomic E-state index is 0.167. The molecule has 0 saturated heterocycles. The van der Waals surface area contributed by atoms with Gasteiger partial charge in [0.2, 0.25) is 0 Å². The van der Waals surface area contributed by atoms with E-state index in [9.17, 15) is 0 Å². The molecule has 0 amide bonds. The second kappa shape index (κ2) is 6.87. The van der Waals surface area contributed by atoms with E-state index in [2.05, 4.69) is 43.2 Å². The third kappa shape index (κ3) is 6.14. The molecule has 1 heterocycles. The van der Waals surface area contributed by atoms with Gasteiger partial charge in [-0.1, -0.05) is 5.16 Å². The highest BCUT2D eigenvalue weighted by Gasteiger charge is 2.10. The van der Waals surface area contributed by atoms with Gasteiger partial charge in [-0.15, -0.1) is 0 Å². The molecule has 0 aromatic carbocycles. The van der Waals surface area contributed by atoms with Crippen LogP contribution in [0.15, 0.2) is 10.6 Å². The van der Waals surface area contributed by atoms with Gasteiger partial charge in [0.05, 0.1) is 5.69 Å². The van der Waals surface area contributed by atoms with Gasteiger partial charge in [-0.2, -0.15) is 0 Å². The molecule has 5 heteroatoms. The van der Waals surface area contributed by atoms with Gasteiger partial charge in [0, 0.05) is 38.3 Å². The maximum absolute atomic E-state index is 5.15. The molecule has 0 saturated carbocycles. The van der Waals surface area contributed by atoms with Gasteiger partial charge in [0.25, 0.3) is 0 Å². The molecule has 0 atom stereocenters. The zero-order valence-corrected chi connectivity index (χ0v) is 12.1. The van der Waals surface area contributed by atoms with Gasteiger partial charge in [-0.25, -0.2) is 0 Å². The Kier molecular flexibility index (Phi) is 5.78. The fourth-order valence-corrected chi connectivity index (χ4v) is 1.62. The summed E-state index contributed by atoms with van der Waals surface area (Å²) in [6.07, 6.45) is 0. The van der Waals surface area contributed by atoms with Crippen LogP contribution in [0.3, 0.4) is 0 Å². The highest BCUT2D eigenvalue weighted by atomic mass is 16.5. The molecular formula is C13H25N3O2. The van der Waals surface area contributed by atoms with Crippen molar-refractivity contribution in [1.29, 1.82) is 0 Å². The molecule has 1 aromatic heterocycles. The Morgan fingerprint density at radius 2 is 2.17 bits per heavy atom. The molecule has 1 rings (SSSR count). The number of nitrogens with one attached hydrogen (secondary N) is 1. The van der Waals surface area contributed by atoms with Crippen LogP contribution in [0.5, 0.6) is 0 Å². The zero-order chi connectivity index (χ0) is 13.6. The van der Waals surface area contributed by atoms with Gasteiger partial charge in [-0.3, -0.25) is 4.90 Å². The number of ether oxygens (including phenoxy) is 1. The van der Waals surface area contributed by atoms with Crippen LogP contribution in [0.25, 0.3) is 0 Å². The van der Waals surface area contributed by atoms with Crippen molar-refractivity contribution in [2.45, 2.75) is 39.5 Å². The lowest BCUT2D eigenvalue weighted by atomic mass is 10.1. The predicted octanol–water partition coefficient (Wildman–Crippen LogP) is 1.64. The number of hydrogen-bond donors (Lipinski definition) is 1. The number of hydrogen-bond acceptors (Lipinski definition) is 5. The smallest absolute Gasteiger partial charge is 0.162 e. The molecule has 0 radical (unpaired) electrons. The van der Waals surface area contributed by atoms with Crippen LogP contribution in [0.1, 0.15) is 32.2 Å². The van der Waals surface area contributed by atoms with Gasteiger partial charge in [0.15, 0.2) is 5.76 Å². The predicted molar refractivity (Wildman–Crippen MR) is 71.3 cm³/mol. The number of rotatable bonds is 7. The third-order valence-corrected chi connectivity index (χ3v) is 2.48. The van der Waals surface area contributed by atoms with Crippen molar-refractivity contribution in [3.63, 3.8) is 0 Å². The number of nitrogens with zero attached hydrogens (tertiary/aromatic N) is 2. The summed E-state index contributed by atoms with van der Waals surface area (Å²) in [7, 11) is 3.72. The van der Waals surface area contributed by atoms with Gasteiger partial charge in [-0.05, 0) is 27.8 Å². The van der Waals surface area contributed by atoms with E-state index in [0.717, 1.165) is 31.1 Å². The molecule has 0 fully saturated rings. The first kappa shape index (κ1) is 15.1.